The van der Waals surface area contributed by atoms with Crippen molar-refractivity contribution in [2.75, 3.05) is 19.5 Å². The van der Waals surface area contributed by atoms with Crippen LogP contribution in [-0.2, 0) is 16.2 Å². The molecule has 1 unspecified atom stereocenters. The number of amides is 1. The van der Waals surface area contributed by atoms with Gasteiger partial charge in [-0.1, -0.05) is 5.16 Å². The number of carbonyl (C=O) groups excluding carboxylic acids is 1. The minimum Gasteiger partial charge on any atom is -0.493 e. The quantitative estimate of drug-likeness (QED) is 0.857. The van der Waals surface area contributed by atoms with E-state index in [4.69, 9.17) is 14.3 Å². The Labute approximate surface area is 151 Å². The van der Waals surface area contributed by atoms with Gasteiger partial charge in [0.25, 0.3) is 5.91 Å². The van der Waals surface area contributed by atoms with Crippen molar-refractivity contribution in [1.29, 1.82) is 0 Å². The first-order valence-corrected chi connectivity index (χ1v) is 8.35. The van der Waals surface area contributed by atoms with Crippen LogP contribution < -0.4 is 14.8 Å². The Morgan fingerprint density at radius 2 is 2.12 bits per heavy atom. The predicted molar refractivity (Wildman–Crippen MR) is 96.8 cm³/mol. The third kappa shape index (κ3) is 3.49. The average molecular weight is 358 g/mol. The van der Waals surface area contributed by atoms with Crippen LogP contribution in [0.4, 0.5) is 5.69 Å². The van der Waals surface area contributed by atoms with Crippen LogP contribution >= 0.6 is 0 Å². The number of hydrogen-bond donors (Lipinski definition) is 1. The second kappa shape index (κ2) is 7.47. The Morgan fingerprint density at radius 1 is 1.35 bits per heavy atom. The van der Waals surface area contributed by atoms with Gasteiger partial charge in [0, 0.05) is 36.5 Å². The van der Waals surface area contributed by atoms with E-state index in [1.807, 2.05) is 24.7 Å². The van der Waals surface area contributed by atoms with E-state index in [0.717, 1.165) is 23.5 Å². The summed E-state index contributed by atoms with van der Waals surface area (Å²) in [6.45, 7) is 4.71. The second-order valence-electron chi connectivity index (χ2n) is 5.88. The Balaban J connectivity index is 1.66. The molecule has 0 saturated carbocycles. The maximum atomic E-state index is 12.5. The van der Waals surface area contributed by atoms with Crippen LogP contribution in [0, 0.1) is 6.92 Å². The zero-order valence-electron chi connectivity index (χ0n) is 15.3. The molecular weight excluding hydrogens is 336 g/mol. The molecule has 2 heterocycles. The SMILES string of the molecule is CCn1cc(C2=NOC(C(=O)Nc3ccc(OC)c(OC)c3)C2)c(C)n1. The molecule has 0 spiro atoms. The molecular formula is C18H22N4O4. The molecule has 0 radical (unpaired) electrons. The summed E-state index contributed by atoms with van der Waals surface area (Å²) in [7, 11) is 3.10. The van der Waals surface area contributed by atoms with Gasteiger partial charge < -0.3 is 19.6 Å². The maximum Gasteiger partial charge on any atom is 0.268 e. The minimum atomic E-state index is -0.678. The van der Waals surface area contributed by atoms with Crippen molar-refractivity contribution in [2.24, 2.45) is 5.16 Å². The number of carbonyl (C=O) groups is 1. The Hall–Kier alpha value is -3.03. The molecule has 138 valence electrons. The Kier molecular flexibility index (Phi) is 5.11. The van der Waals surface area contributed by atoms with E-state index in [-0.39, 0.29) is 5.91 Å². The zero-order valence-corrected chi connectivity index (χ0v) is 15.3. The molecule has 1 N–H and O–H groups in total. The first-order chi connectivity index (χ1) is 12.5. The van der Waals surface area contributed by atoms with Crippen molar-refractivity contribution in [3.63, 3.8) is 0 Å². The van der Waals surface area contributed by atoms with E-state index in [1.165, 1.54) is 0 Å². The molecule has 1 aliphatic heterocycles. The first kappa shape index (κ1) is 17.8. The summed E-state index contributed by atoms with van der Waals surface area (Å²) in [5, 5.41) is 11.3. The number of aromatic nitrogens is 2. The monoisotopic (exact) mass is 358 g/mol. The van der Waals surface area contributed by atoms with Gasteiger partial charge in [-0.2, -0.15) is 5.10 Å². The van der Waals surface area contributed by atoms with Gasteiger partial charge in [0.15, 0.2) is 11.5 Å². The standard InChI is InChI=1S/C18H22N4O4/c1-5-22-10-13(11(2)20-22)14-9-17(26-21-14)18(23)19-12-6-7-15(24-3)16(8-12)25-4/h6-8,10,17H,5,9H2,1-4H3,(H,19,23). The van der Waals surface area contributed by atoms with Crippen molar-refractivity contribution in [3.05, 3.63) is 35.7 Å². The van der Waals surface area contributed by atoms with Gasteiger partial charge in [0.1, 0.15) is 0 Å². The summed E-state index contributed by atoms with van der Waals surface area (Å²) >= 11 is 0. The number of hydrogen-bond acceptors (Lipinski definition) is 6. The lowest BCUT2D eigenvalue weighted by atomic mass is 10.1. The molecule has 1 amide bonds. The van der Waals surface area contributed by atoms with Crippen LogP contribution in [-0.4, -0.2) is 41.7 Å². The third-order valence-electron chi connectivity index (χ3n) is 4.19. The van der Waals surface area contributed by atoms with Crippen molar-refractivity contribution in [3.8, 4) is 11.5 Å². The fraction of sp³-hybridized carbons (Fsp3) is 0.389. The highest BCUT2D eigenvalue weighted by Gasteiger charge is 2.30. The first-order valence-electron chi connectivity index (χ1n) is 8.35. The maximum absolute atomic E-state index is 12.5. The number of methoxy groups -OCH3 is 2. The van der Waals surface area contributed by atoms with Gasteiger partial charge in [-0.15, -0.1) is 0 Å². The summed E-state index contributed by atoms with van der Waals surface area (Å²) in [4.78, 5) is 17.8. The molecule has 1 aromatic heterocycles. The molecule has 0 saturated heterocycles. The van der Waals surface area contributed by atoms with E-state index in [1.54, 1.807) is 32.4 Å². The number of benzene rings is 1. The highest BCUT2D eigenvalue weighted by molar-refractivity contribution is 6.06. The topological polar surface area (TPSA) is 87.0 Å². The molecule has 8 heteroatoms. The Bertz CT molecular complexity index is 844. The minimum absolute atomic E-state index is 0.267. The number of oxime groups is 1. The van der Waals surface area contributed by atoms with Crippen molar-refractivity contribution >= 4 is 17.3 Å². The van der Waals surface area contributed by atoms with E-state index in [9.17, 15) is 4.79 Å². The van der Waals surface area contributed by atoms with E-state index < -0.39 is 6.10 Å². The van der Waals surface area contributed by atoms with Crippen molar-refractivity contribution in [1.82, 2.24) is 9.78 Å². The summed E-state index contributed by atoms with van der Waals surface area (Å²) < 4.78 is 12.3. The predicted octanol–water partition coefficient (Wildman–Crippen LogP) is 2.36. The summed E-state index contributed by atoms with van der Waals surface area (Å²) in [6, 6.07) is 5.17. The molecule has 3 rings (SSSR count). The molecule has 1 atom stereocenters. The molecule has 1 aliphatic rings. The lowest BCUT2D eigenvalue weighted by Gasteiger charge is -2.12. The van der Waals surface area contributed by atoms with Crippen molar-refractivity contribution < 1.29 is 19.1 Å². The van der Waals surface area contributed by atoms with Crippen LogP contribution in [0.1, 0.15) is 24.6 Å². The van der Waals surface area contributed by atoms with E-state index >= 15 is 0 Å². The van der Waals surface area contributed by atoms with Gasteiger partial charge >= 0.3 is 0 Å². The second-order valence-corrected chi connectivity index (χ2v) is 5.88. The average Bonchev–Trinajstić information content (AvgIpc) is 3.27. The van der Waals surface area contributed by atoms with Crippen LogP contribution in [0.25, 0.3) is 0 Å². The van der Waals surface area contributed by atoms with Crippen molar-refractivity contribution in [2.45, 2.75) is 32.9 Å². The highest BCUT2D eigenvalue weighted by Crippen LogP contribution is 2.30. The number of aryl methyl sites for hydroxylation is 2. The number of nitrogens with zero attached hydrogens (tertiary/aromatic N) is 3. The van der Waals surface area contributed by atoms with Gasteiger partial charge in [-0.25, -0.2) is 0 Å². The molecule has 2 aromatic rings. The summed E-state index contributed by atoms with van der Waals surface area (Å²) in [6.07, 6.45) is 1.64. The fourth-order valence-corrected chi connectivity index (χ4v) is 2.78. The highest BCUT2D eigenvalue weighted by atomic mass is 16.6. The molecule has 0 fully saturated rings. The third-order valence-corrected chi connectivity index (χ3v) is 4.19. The van der Waals surface area contributed by atoms with Crippen LogP contribution in [0.2, 0.25) is 0 Å². The largest absolute Gasteiger partial charge is 0.493 e. The normalized spacial score (nSPS) is 16.0. The number of ether oxygens (including phenoxy) is 2. The smallest absolute Gasteiger partial charge is 0.268 e. The summed E-state index contributed by atoms with van der Waals surface area (Å²) in [5.74, 6) is 0.866. The lowest BCUT2D eigenvalue weighted by molar-refractivity contribution is -0.125. The number of rotatable bonds is 6. The van der Waals surface area contributed by atoms with Crippen LogP contribution in [0.3, 0.4) is 0 Å². The molecule has 0 bridgehead atoms. The van der Waals surface area contributed by atoms with E-state index in [0.29, 0.717) is 23.6 Å². The van der Waals surface area contributed by atoms with Gasteiger partial charge in [0.2, 0.25) is 6.10 Å². The number of anilines is 1. The van der Waals surface area contributed by atoms with Gasteiger partial charge in [0.05, 0.1) is 25.6 Å². The number of nitrogens with one attached hydrogen (secondary N) is 1. The van der Waals surface area contributed by atoms with E-state index in [2.05, 4.69) is 15.6 Å². The molecule has 26 heavy (non-hydrogen) atoms. The van der Waals surface area contributed by atoms with Gasteiger partial charge in [-0.3, -0.25) is 9.48 Å². The molecule has 0 aliphatic carbocycles. The lowest BCUT2D eigenvalue weighted by Crippen LogP contribution is -2.28. The van der Waals surface area contributed by atoms with Crippen LogP contribution in [0.5, 0.6) is 11.5 Å². The van der Waals surface area contributed by atoms with Gasteiger partial charge in [-0.05, 0) is 26.0 Å². The summed E-state index contributed by atoms with van der Waals surface area (Å²) in [5.41, 5.74) is 3.11. The van der Waals surface area contributed by atoms with Crippen LogP contribution in [0.15, 0.2) is 29.6 Å². The zero-order chi connectivity index (χ0) is 18.7. The Morgan fingerprint density at radius 3 is 2.77 bits per heavy atom. The molecule has 1 aromatic carbocycles. The fourth-order valence-electron chi connectivity index (χ4n) is 2.78. The molecule has 8 nitrogen and oxygen atoms in total.